The molecule has 1 amide bonds. The van der Waals surface area contributed by atoms with Crippen LogP contribution in [0.2, 0.25) is 0 Å². The van der Waals surface area contributed by atoms with Gasteiger partial charge >= 0.3 is 0 Å². The van der Waals surface area contributed by atoms with Crippen molar-refractivity contribution >= 4 is 23.2 Å². The zero-order valence-corrected chi connectivity index (χ0v) is 17.0. The lowest BCUT2D eigenvalue weighted by atomic mass is 9.91. The molecule has 0 aromatic carbocycles. The van der Waals surface area contributed by atoms with E-state index in [0.29, 0.717) is 24.3 Å². The number of carbonyl (C=O) groups excluding carboxylic acids is 1. The van der Waals surface area contributed by atoms with Crippen LogP contribution in [0.1, 0.15) is 54.2 Å². The van der Waals surface area contributed by atoms with E-state index >= 15 is 0 Å². The van der Waals surface area contributed by atoms with E-state index in [1.807, 2.05) is 0 Å². The first-order chi connectivity index (χ1) is 15.3. The van der Waals surface area contributed by atoms with Gasteiger partial charge in [0.15, 0.2) is 0 Å². The summed E-state index contributed by atoms with van der Waals surface area (Å²) in [5.74, 6) is 0.136. The van der Waals surface area contributed by atoms with E-state index in [9.17, 15) is 22.4 Å². The Balaban J connectivity index is 1.45. The highest BCUT2D eigenvalue weighted by molar-refractivity contribution is 5.97. The van der Waals surface area contributed by atoms with Gasteiger partial charge in [0.25, 0.3) is 18.8 Å². The van der Waals surface area contributed by atoms with Crippen molar-refractivity contribution in [3.8, 4) is 0 Å². The molecule has 0 atom stereocenters. The predicted molar refractivity (Wildman–Crippen MR) is 110 cm³/mol. The SMILES string of the molecule is NC(=O)c1cnn(C2CCC(Nc3cccc4nc(C(F)F)cn34)CC2)c1NCC(F)F. The molecule has 172 valence electrons. The minimum absolute atomic E-state index is 0.0764. The van der Waals surface area contributed by atoms with Gasteiger partial charge in [-0.2, -0.15) is 5.10 Å². The largest absolute Gasteiger partial charge is 0.368 e. The first-order valence-electron chi connectivity index (χ1n) is 10.3. The molecule has 0 aliphatic heterocycles. The maximum Gasteiger partial charge on any atom is 0.281 e. The number of halogens is 4. The Bertz CT molecular complexity index is 1090. The van der Waals surface area contributed by atoms with Crippen molar-refractivity contribution in [3.63, 3.8) is 0 Å². The third-order valence-corrected chi connectivity index (χ3v) is 5.61. The second-order valence-electron chi connectivity index (χ2n) is 7.74. The number of primary amides is 1. The lowest BCUT2D eigenvalue weighted by Crippen LogP contribution is -2.29. The summed E-state index contributed by atoms with van der Waals surface area (Å²) in [6, 6.07) is 5.21. The summed E-state index contributed by atoms with van der Waals surface area (Å²) in [7, 11) is 0. The molecule has 4 N–H and O–H groups in total. The summed E-state index contributed by atoms with van der Waals surface area (Å²) in [4.78, 5) is 15.6. The Labute approximate surface area is 180 Å². The van der Waals surface area contributed by atoms with Crippen LogP contribution in [-0.4, -0.2) is 44.1 Å². The van der Waals surface area contributed by atoms with E-state index in [4.69, 9.17) is 5.73 Å². The van der Waals surface area contributed by atoms with Crippen LogP contribution in [0, 0.1) is 0 Å². The molecule has 12 heteroatoms. The third-order valence-electron chi connectivity index (χ3n) is 5.61. The van der Waals surface area contributed by atoms with E-state index in [-0.39, 0.29) is 29.2 Å². The summed E-state index contributed by atoms with van der Waals surface area (Å²) in [6.07, 6.45) is 0.215. The van der Waals surface area contributed by atoms with Crippen LogP contribution in [0.4, 0.5) is 29.2 Å². The minimum Gasteiger partial charge on any atom is -0.368 e. The molecule has 1 aliphatic carbocycles. The van der Waals surface area contributed by atoms with Crippen LogP contribution in [0.3, 0.4) is 0 Å². The smallest absolute Gasteiger partial charge is 0.281 e. The Morgan fingerprint density at radius 2 is 1.94 bits per heavy atom. The van der Waals surface area contributed by atoms with Crippen molar-refractivity contribution < 1.29 is 22.4 Å². The summed E-state index contributed by atoms with van der Waals surface area (Å²) in [5, 5.41) is 10.2. The van der Waals surface area contributed by atoms with Gasteiger partial charge in [0.1, 0.15) is 28.5 Å². The monoisotopic (exact) mass is 453 g/mol. The van der Waals surface area contributed by atoms with Crippen LogP contribution in [0.15, 0.2) is 30.6 Å². The van der Waals surface area contributed by atoms with E-state index in [0.717, 1.165) is 12.8 Å². The molecular weight excluding hydrogens is 430 g/mol. The summed E-state index contributed by atoms with van der Waals surface area (Å²) in [5.41, 5.74) is 5.58. The molecule has 32 heavy (non-hydrogen) atoms. The molecule has 0 spiro atoms. The number of imidazole rings is 1. The molecule has 1 aliphatic rings. The first-order valence-corrected chi connectivity index (χ1v) is 10.3. The number of aromatic nitrogens is 4. The normalized spacial score (nSPS) is 19.1. The van der Waals surface area contributed by atoms with Crippen molar-refractivity contribution in [1.82, 2.24) is 19.2 Å². The number of rotatable bonds is 8. The molecule has 0 saturated heterocycles. The topological polar surface area (TPSA) is 102 Å². The van der Waals surface area contributed by atoms with Crippen molar-refractivity contribution in [2.75, 3.05) is 17.2 Å². The van der Waals surface area contributed by atoms with Crippen LogP contribution < -0.4 is 16.4 Å². The van der Waals surface area contributed by atoms with Crippen molar-refractivity contribution in [3.05, 3.63) is 41.9 Å². The first kappa shape index (κ1) is 21.9. The Morgan fingerprint density at radius 3 is 2.59 bits per heavy atom. The third kappa shape index (κ3) is 4.48. The number of nitrogens with zero attached hydrogens (tertiary/aromatic N) is 4. The average molecular weight is 453 g/mol. The molecule has 3 heterocycles. The van der Waals surface area contributed by atoms with Gasteiger partial charge in [-0.3, -0.25) is 9.20 Å². The molecule has 8 nitrogen and oxygen atoms in total. The van der Waals surface area contributed by atoms with E-state index in [1.54, 1.807) is 27.3 Å². The zero-order valence-electron chi connectivity index (χ0n) is 17.0. The molecule has 0 unspecified atom stereocenters. The maximum absolute atomic E-state index is 13.0. The van der Waals surface area contributed by atoms with Crippen LogP contribution >= 0.6 is 0 Å². The fourth-order valence-electron chi connectivity index (χ4n) is 4.10. The number of fused-ring (bicyclic) bond motifs is 1. The van der Waals surface area contributed by atoms with Gasteiger partial charge in [-0.25, -0.2) is 27.2 Å². The van der Waals surface area contributed by atoms with Gasteiger partial charge in [0.05, 0.1) is 18.8 Å². The van der Waals surface area contributed by atoms with Crippen LogP contribution in [0.5, 0.6) is 0 Å². The van der Waals surface area contributed by atoms with Crippen molar-refractivity contribution in [1.29, 1.82) is 0 Å². The second kappa shape index (κ2) is 9.05. The maximum atomic E-state index is 13.0. The van der Waals surface area contributed by atoms with Gasteiger partial charge < -0.3 is 16.4 Å². The highest BCUT2D eigenvalue weighted by Gasteiger charge is 2.27. The van der Waals surface area contributed by atoms with Gasteiger partial charge in [-0.05, 0) is 37.8 Å². The lowest BCUT2D eigenvalue weighted by Gasteiger charge is -2.31. The van der Waals surface area contributed by atoms with E-state index in [2.05, 4.69) is 20.7 Å². The van der Waals surface area contributed by atoms with Crippen LogP contribution in [-0.2, 0) is 0 Å². The summed E-state index contributed by atoms with van der Waals surface area (Å²) in [6.45, 7) is -0.613. The van der Waals surface area contributed by atoms with Gasteiger partial charge in [-0.15, -0.1) is 0 Å². The molecule has 3 aromatic rings. The number of amides is 1. The quantitative estimate of drug-likeness (QED) is 0.450. The Hall–Kier alpha value is -3.31. The predicted octanol–water partition coefficient (Wildman–Crippen LogP) is 3.84. The highest BCUT2D eigenvalue weighted by atomic mass is 19.3. The van der Waals surface area contributed by atoms with E-state index < -0.39 is 25.3 Å². The molecule has 0 radical (unpaired) electrons. The highest BCUT2D eigenvalue weighted by Crippen LogP contribution is 2.33. The number of hydrogen-bond donors (Lipinski definition) is 3. The van der Waals surface area contributed by atoms with Crippen molar-refractivity contribution in [2.24, 2.45) is 5.73 Å². The lowest BCUT2D eigenvalue weighted by molar-refractivity contribution is 0.100. The molecule has 1 fully saturated rings. The summed E-state index contributed by atoms with van der Waals surface area (Å²) >= 11 is 0. The van der Waals surface area contributed by atoms with E-state index in [1.165, 1.54) is 12.4 Å². The number of anilines is 2. The molecule has 0 bridgehead atoms. The number of carbonyl (C=O) groups is 1. The number of nitrogens with two attached hydrogens (primary N) is 1. The molecular formula is C20H23F4N7O. The molecule has 1 saturated carbocycles. The van der Waals surface area contributed by atoms with Gasteiger partial charge in [-0.1, -0.05) is 6.07 Å². The number of hydrogen-bond acceptors (Lipinski definition) is 5. The Morgan fingerprint density at radius 1 is 1.19 bits per heavy atom. The second-order valence-corrected chi connectivity index (χ2v) is 7.74. The minimum atomic E-state index is -2.65. The van der Waals surface area contributed by atoms with Gasteiger partial charge in [0, 0.05) is 12.2 Å². The summed E-state index contributed by atoms with van der Waals surface area (Å²) < 4.78 is 54.5. The van der Waals surface area contributed by atoms with Crippen LogP contribution in [0.25, 0.3) is 5.65 Å². The standard InChI is InChI=1S/C20H23F4N7O/c21-15(22)9-26-20-13(19(25)32)8-27-31(20)12-6-4-11(5-7-12)28-16-2-1-3-17-29-14(18(23)24)10-30(16)17/h1-3,8,10-12,15,18,26,28H,4-7,9H2,(H2,25,32). The van der Waals surface area contributed by atoms with Gasteiger partial charge in [0.2, 0.25) is 0 Å². The Kier molecular flexibility index (Phi) is 6.19. The fourth-order valence-corrected chi connectivity index (χ4v) is 4.10. The number of alkyl halides is 4. The molecule has 3 aromatic heterocycles. The van der Waals surface area contributed by atoms with Crippen molar-refractivity contribution in [2.45, 2.75) is 50.6 Å². The number of nitrogens with one attached hydrogen (secondary N) is 2. The molecule has 4 rings (SSSR count). The zero-order chi connectivity index (χ0) is 22.8. The number of pyridine rings is 1. The average Bonchev–Trinajstić information content (AvgIpc) is 3.38. The fraction of sp³-hybridized carbons (Fsp3) is 0.450.